The number of carbonyl (C=O) groups is 4. The lowest BCUT2D eigenvalue weighted by Gasteiger charge is -2.15. The number of benzene rings is 3. The van der Waals surface area contributed by atoms with Crippen molar-refractivity contribution < 1.29 is 19.2 Å². The van der Waals surface area contributed by atoms with Gasteiger partial charge < -0.3 is 5.32 Å². The van der Waals surface area contributed by atoms with Crippen LogP contribution in [0.1, 0.15) is 43.1 Å². The zero-order valence-corrected chi connectivity index (χ0v) is 17.1. The van der Waals surface area contributed by atoms with Crippen LogP contribution in [-0.2, 0) is 4.79 Å². The third-order valence-electron chi connectivity index (χ3n) is 4.98. The number of ketones is 1. The Bertz CT molecular complexity index is 1170. The number of hydrogen-bond donors (Lipinski definition) is 1. The summed E-state index contributed by atoms with van der Waals surface area (Å²) in [5, 5.41) is 3.06. The molecule has 0 aromatic heterocycles. The predicted molar refractivity (Wildman–Crippen MR) is 116 cm³/mol. The number of fused-ring (bicyclic) bond motifs is 1. The molecule has 1 aliphatic heterocycles. The van der Waals surface area contributed by atoms with Crippen molar-refractivity contribution in [1.29, 1.82) is 0 Å². The Morgan fingerprint density at radius 1 is 0.839 bits per heavy atom. The number of halogens is 1. The highest BCUT2D eigenvalue weighted by atomic mass is 35.5. The molecule has 1 N–H and O–H groups in total. The number of imide groups is 1. The second-order valence-corrected chi connectivity index (χ2v) is 7.43. The van der Waals surface area contributed by atoms with Crippen LogP contribution in [0, 0.1) is 0 Å². The molecule has 0 fully saturated rings. The average molecular weight is 433 g/mol. The minimum absolute atomic E-state index is 0.0618. The molecule has 31 heavy (non-hydrogen) atoms. The molecule has 4 rings (SSSR count). The summed E-state index contributed by atoms with van der Waals surface area (Å²) in [5.74, 6) is -1.54. The number of nitrogens with zero attached hydrogens (tertiary/aromatic N) is 1. The number of hydrogen-bond acceptors (Lipinski definition) is 4. The van der Waals surface area contributed by atoms with Gasteiger partial charge in [-0.3, -0.25) is 24.1 Å². The fourth-order valence-electron chi connectivity index (χ4n) is 3.43. The summed E-state index contributed by atoms with van der Waals surface area (Å²) >= 11 is 6.06. The molecule has 0 saturated heterocycles. The first-order valence-electron chi connectivity index (χ1n) is 9.60. The molecule has 0 saturated carbocycles. The summed E-state index contributed by atoms with van der Waals surface area (Å²) in [7, 11) is 0. The average Bonchev–Trinajstić information content (AvgIpc) is 3.03. The molecule has 3 aromatic rings. The summed E-state index contributed by atoms with van der Waals surface area (Å²) < 4.78 is 0. The summed E-state index contributed by atoms with van der Waals surface area (Å²) in [5.41, 5.74) is 1.70. The third-order valence-corrected chi connectivity index (χ3v) is 5.21. The molecule has 154 valence electrons. The summed E-state index contributed by atoms with van der Waals surface area (Å²) in [6.07, 6.45) is -0.104. The van der Waals surface area contributed by atoms with Gasteiger partial charge in [0.2, 0.25) is 5.91 Å². The molecular weight excluding hydrogens is 416 g/mol. The molecule has 7 heteroatoms. The molecule has 0 aliphatic carbocycles. The number of carbonyl (C=O) groups excluding carboxylic acids is 4. The predicted octanol–water partition coefficient (Wildman–Crippen LogP) is 4.20. The Morgan fingerprint density at radius 3 is 2.10 bits per heavy atom. The fourth-order valence-corrected chi connectivity index (χ4v) is 3.60. The second-order valence-electron chi connectivity index (χ2n) is 6.99. The van der Waals surface area contributed by atoms with Crippen molar-refractivity contribution in [3.05, 3.63) is 100 Å². The Kier molecular flexibility index (Phi) is 5.64. The van der Waals surface area contributed by atoms with Crippen molar-refractivity contribution in [2.45, 2.75) is 6.42 Å². The molecule has 0 atom stereocenters. The van der Waals surface area contributed by atoms with Crippen molar-refractivity contribution in [3.8, 4) is 0 Å². The van der Waals surface area contributed by atoms with Crippen molar-refractivity contribution >= 4 is 40.8 Å². The van der Waals surface area contributed by atoms with E-state index in [1.165, 1.54) is 6.07 Å². The van der Waals surface area contributed by atoms with E-state index in [-0.39, 0.29) is 24.3 Å². The van der Waals surface area contributed by atoms with E-state index in [0.29, 0.717) is 27.4 Å². The number of anilines is 1. The van der Waals surface area contributed by atoms with E-state index in [4.69, 9.17) is 11.6 Å². The molecule has 3 amide bonds. The first kappa shape index (κ1) is 20.5. The van der Waals surface area contributed by atoms with Crippen molar-refractivity contribution in [2.75, 3.05) is 11.9 Å². The van der Waals surface area contributed by atoms with Gasteiger partial charge in [0.25, 0.3) is 11.8 Å². The molecule has 0 bridgehead atoms. The van der Waals surface area contributed by atoms with Gasteiger partial charge in [0, 0.05) is 29.1 Å². The highest BCUT2D eigenvalue weighted by Gasteiger charge is 2.35. The van der Waals surface area contributed by atoms with Gasteiger partial charge in [-0.15, -0.1) is 0 Å². The van der Waals surface area contributed by atoms with Gasteiger partial charge in [0.1, 0.15) is 0 Å². The molecule has 0 radical (unpaired) electrons. The topological polar surface area (TPSA) is 83.6 Å². The van der Waals surface area contributed by atoms with Crippen LogP contribution < -0.4 is 5.32 Å². The van der Waals surface area contributed by atoms with Crippen LogP contribution in [0.15, 0.2) is 72.8 Å². The van der Waals surface area contributed by atoms with Gasteiger partial charge in [-0.25, -0.2) is 0 Å². The lowest BCUT2D eigenvalue weighted by atomic mass is 10.0. The normalized spacial score (nSPS) is 12.6. The van der Waals surface area contributed by atoms with Crippen LogP contribution in [-0.4, -0.2) is 34.9 Å². The Balaban J connectivity index is 1.47. The highest BCUT2D eigenvalue weighted by molar-refractivity contribution is 6.31. The van der Waals surface area contributed by atoms with E-state index in [2.05, 4.69) is 5.32 Å². The first-order chi connectivity index (χ1) is 15.0. The number of rotatable bonds is 6. The zero-order chi connectivity index (χ0) is 22.0. The minimum atomic E-state index is -0.430. The molecule has 0 spiro atoms. The van der Waals surface area contributed by atoms with Crippen LogP contribution in [0.5, 0.6) is 0 Å². The smallest absolute Gasteiger partial charge is 0.261 e. The quantitative estimate of drug-likeness (QED) is 0.467. The lowest BCUT2D eigenvalue weighted by Crippen LogP contribution is -2.33. The Hall–Kier alpha value is -3.77. The monoisotopic (exact) mass is 432 g/mol. The number of nitrogens with one attached hydrogen (secondary N) is 1. The van der Waals surface area contributed by atoms with Gasteiger partial charge in [0.15, 0.2) is 5.78 Å². The maximum absolute atomic E-state index is 12.9. The Morgan fingerprint density at radius 2 is 1.45 bits per heavy atom. The van der Waals surface area contributed by atoms with Crippen molar-refractivity contribution in [2.24, 2.45) is 0 Å². The lowest BCUT2D eigenvalue weighted by molar-refractivity contribution is -0.116. The summed E-state index contributed by atoms with van der Waals surface area (Å²) in [6, 6.07) is 19.8. The highest BCUT2D eigenvalue weighted by Crippen LogP contribution is 2.25. The van der Waals surface area contributed by atoms with E-state index < -0.39 is 17.7 Å². The van der Waals surface area contributed by atoms with Gasteiger partial charge in [-0.2, -0.15) is 0 Å². The van der Waals surface area contributed by atoms with Crippen LogP contribution in [0.2, 0.25) is 5.02 Å². The third kappa shape index (κ3) is 4.11. The summed E-state index contributed by atoms with van der Waals surface area (Å²) in [6.45, 7) is -0.0618. The molecule has 3 aromatic carbocycles. The molecule has 1 aliphatic rings. The fraction of sp³-hybridized carbons (Fsp3) is 0.0833. The standard InChI is InChI=1S/C24H17ClN2O4/c25-16-10-11-20(19(14-16)22(29)15-6-2-1-3-7-15)26-21(28)12-13-27-23(30)17-8-4-5-9-18(17)24(27)31/h1-11,14H,12-13H2,(H,26,28). The molecule has 0 unspecified atom stereocenters. The number of amides is 3. The maximum atomic E-state index is 12.9. The van der Waals surface area contributed by atoms with E-state index in [9.17, 15) is 19.2 Å². The van der Waals surface area contributed by atoms with E-state index in [1.54, 1.807) is 66.7 Å². The first-order valence-corrected chi connectivity index (χ1v) is 9.98. The van der Waals surface area contributed by atoms with Crippen molar-refractivity contribution in [3.63, 3.8) is 0 Å². The SMILES string of the molecule is O=C(CCN1C(=O)c2ccccc2C1=O)Nc1ccc(Cl)cc1C(=O)c1ccccc1. The van der Waals surface area contributed by atoms with Gasteiger partial charge in [-0.1, -0.05) is 54.1 Å². The van der Waals surface area contributed by atoms with E-state index in [1.807, 2.05) is 0 Å². The van der Waals surface area contributed by atoms with Gasteiger partial charge >= 0.3 is 0 Å². The zero-order valence-electron chi connectivity index (χ0n) is 16.3. The van der Waals surface area contributed by atoms with Crippen LogP contribution in [0.3, 0.4) is 0 Å². The van der Waals surface area contributed by atoms with Crippen LogP contribution in [0.4, 0.5) is 5.69 Å². The Labute approximate surface area is 183 Å². The largest absolute Gasteiger partial charge is 0.325 e. The summed E-state index contributed by atoms with van der Waals surface area (Å²) in [4.78, 5) is 51.3. The maximum Gasteiger partial charge on any atom is 0.261 e. The van der Waals surface area contributed by atoms with Gasteiger partial charge in [-0.05, 0) is 30.3 Å². The van der Waals surface area contributed by atoms with E-state index >= 15 is 0 Å². The molecule has 1 heterocycles. The second kappa shape index (κ2) is 8.53. The minimum Gasteiger partial charge on any atom is -0.325 e. The van der Waals surface area contributed by atoms with Crippen molar-refractivity contribution in [1.82, 2.24) is 4.90 Å². The van der Waals surface area contributed by atoms with Crippen LogP contribution >= 0.6 is 11.6 Å². The van der Waals surface area contributed by atoms with Crippen LogP contribution in [0.25, 0.3) is 0 Å². The molecule has 6 nitrogen and oxygen atoms in total. The molecular formula is C24H17ClN2O4. The van der Waals surface area contributed by atoms with Gasteiger partial charge in [0.05, 0.1) is 16.8 Å². The van der Waals surface area contributed by atoms with E-state index in [0.717, 1.165) is 4.90 Å².